The van der Waals surface area contributed by atoms with Gasteiger partial charge in [-0.2, -0.15) is 0 Å². The summed E-state index contributed by atoms with van der Waals surface area (Å²) in [5.74, 6) is -0.0603. The first kappa shape index (κ1) is 22.1. The number of hydrogen-bond donors (Lipinski definition) is 1. The van der Waals surface area contributed by atoms with E-state index in [1.165, 1.54) is 25.0 Å². The fourth-order valence-electron chi connectivity index (χ4n) is 2.41. The van der Waals surface area contributed by atoms with Crippen LogP contribution in [0.1, 0.15) is 31.2 Å². The van der Waals surface area contributed by atoms with Gasteiger partial charge in [0.25, 0.3) is 0 Å². The molecule has 1 aromatic rings. The highest BCUT2D eigenvalue weighted by molar-refractivity contribution is 14.0. The van der Waals surface area contributed by atoms with Crippen LogP contribution in [0.25, 0.3) is 0 Å². The van der Waals surface area contributed by atoms with E-state index in [0.717, 1.165) is 30.6 Å². The second kappa shape index (κ2) is 10.9. The van der Waals surface area contributed by atoms with Gasteiger partial charge < -0.3 is 15.0 Å². The van der Waals surface area contributed by atoms with Crippen molar-refractivity contribution >= 4 is 29.9 Å². The van der Waals surface area contributed by atoms with Crippen LogP contribution in [0.3, 0.4) is 0 Å². The summed E-state index contributed by atoms with van der Waals surface area (Å²) in [4.78, 5) is 6.26. The van der Waals surface area contributed by atoms with Crippen molar-refractivity contribution in [3.63, 3.8) is 0 Å². The molecule has 0 amide bonds. The molecular weight excluding hydrogens is 439 g/mol. The number of guanidine groups is 1. The average molecular weight is 467 g/mol. The Morgan fingerprint density at radius 2 is 2.08 bits per heavy atom. The molecule has 0 spiro atoms. The lowest BCUT2D eigenvalue weighted by Gasteiger charge is -2.23. The van der Waals surface area contributed by atoms with Crippen molar-refractivity contribution < 1.29 is 13.5 Å². The van der Waals surface area contributed by atoms with Crippen LogP contribution >= 0.6 is 24.0 Å². The van der Waals surface area contributed by atoms with Crippen LogP contribution in [0.15, 0.2) is 23.2 Å². The Labute approximate surface area is 166 Å². The third-order valence-corrected chi connectivity index (χ3v) is 4.27. The van der Waals surface area contributed by atoms with Crippen molar-refractivity contribution in [1.29, 1.82) is 0 Å². The van der Waals surface area contributed by atoms with Gasteiger partial charge in [0.05, 0.1) is 6.61 Å². The molecule has 1 aliphatic rings. The van der Waals surface area contributed by atoms with E-state index in [-0.39, 0.29) is 29.9 Å². The molecule has 0 bridgehead atoms. The number of likely N-dealkylation sites (N-methyl/N-ethyl adjacent to an activating group) is 1. The third-order valence-electron chi connectivity index (χ3n) is 4.27. The molecule has 0 aliphatic heterocycles. The van der Waals surface area contributed by atoms with Gasteiger partial charge in [0.2, 0.25) is 0 Å². The Hall–Kier alpha value is -0.960. The Kier molecular flexibility index (Phi) is 9.63. The summed E-state index contributed by atoms with van der Waals surface area (Å²) in [7, 11) is 3.68. The third kappa shape index (κ3) is 7.43. The molecular formula is C18H28F2IN3O. The molecule has 0 saturated heterocycles. The number of hydrogen-bond acceptors (Lipinski definition) is 2. The number of nitrogens with zero attached hydrogens (tertiary/aromatic N) is 2. The monoisotopic (exact) mass is 467 g/mol. The van der Waals surface area contributed by atoms with E-state index in [1.54, 1.807) is 13.1 Å². The predicted molar refractivity (Wildman–Crippen MR) is 108 cm³/mol. The number of rotatable bonds is 8. The van der Waals surface area contributed by atoms with Gasteiger partial charge >= 0.3 is 0 Å². The Morgan fingerprint density at radius 1 is 1.36 bits per heavy atom. The Morgan fingerprint density at radius 3 is 2.68 bits per heavy atom. The average Bonchev–Trinajstić information content (AvgIpc) is 3.38. The van der Waals surface area contributed by atoms with Gasteiger partial charge in [-0.15, -0.1) is 24.0 Å². The van der Waals surface area contributed by atoms with E-state index >= 15 is 0 Å². The van der Waals surface area contributed by atoms with Crippen molar-refractivity contribution in [3.8, 4) is 0 Å². The summed E-state index contributed by atoms with van der Waals surface area (Å²) in [6.07, 6.45) is 2.59. The number of benzene rings is 1. The van der Waals surface area contributed by atoms with Crippen LogP contribution in [-0.4, -0.2) is 51.3 Å². The van der Waals surface area contributed by atoms with E-state index in [4.69, 9.17) is 4.74 Å². The lowest BCUT2D eigenvalue weighted by Crippen LogP contribution is -2.41. The second-order valence-electron chi connectivity index (χ2n) is 6.44. The number of halogens is 3. The zero-order chi connectivity index (χ0) is 17.5. The molecule has 142 valence electrons. The first-order chi connectivity index (χ1) is 11.5. The molecule has 1 unspecified atom stereocenters. The summed E-state index contributed by atoms with van der Waals surface area (Å²) >= 11 is 0. The van der Waals surface area contributed by atoms with Gasteiger partial charge in [-0.05, 0) is 42.4 Å². The van der Waals surface area contributed by atoms with E-state index < -0.39 is 11.6 Å². The predicted octanol–water partition coefficient (Wildman–Crippen LogP) is 3.62. The largest absolute Gasteiger partial charge is 0.379 e. The minimum Gasteiger partial charge on any atom is -0.379 e. The zero-order valence-corrected chi connectivity index (χ0v) is 17.4. The van der Waals surface area contributed by atoms with Crippen LogP contribution in [-0.2, 0) is 4.74 Å². The van der Waals surface area contributed by atoms with Crippen LogP contribution < -0.4 is 5.32 Å². The van der Waals surface area contributed by atoms with Crippen molar-refractivity contribution in [3.05, 3.63) is 35.4 Å². The molecule has 1 aliphatic carbocycles. The van der Waals surface area contributed by atoms with Gasteiger partial charge in [-0.25, -0.2) is 8.78 Å². The van der Waals surface area contributed by atoms with Crippen molar-refractivity contribution in [2.45, 2.75) is 25.7 Å². The molecule has 4 nitrogen and oxygen atoms in total. The topological polar surface area (TPSA) is 36.9 Å². The second-order valence-corrected chi connectivity index (χ2v) is 6.44. The van der Waals surface area contributed by atoms with Gasteiger partial charge in [0, 0.05) is 33.8 Å². The van der Waals surface area contributed by atoms with E-state index in [2.05, 4.69) is 10.3 Å². The first-order valence-corrected chi connectivity index (χ1v) is 8.45. The molecule has 1 aromatic carbocycles. The van der Waals surface area contributed by atoms with Gasteiger partial charge in [-0.3, -0.25) is 4.99 Å². The smallest absolute Gasteiger partial charge is 0.193 e. The SMILES string of the molecule is CN=C(NCC(C)c1ccc(F)c(F)c1)N(C)CCOCC1CC1.I. The first-order valence-electron chi connectivity index (χ1n) is 8.45. The van der Waals surface area contributed by atoms with Crippen molar-refractivity contribution in [1.82, 2.24) is 10.2 Å². The summed E-state index contributed by atoms with van der Waals surface area (Å²) in [5.41, 5.74) is 0.757. The Bertz CT molecular complexity index is 567. The minimum absolute atomic E-state index is 0. The standard InChI is InChI=1S/C18H27F2N3O.HI/c1-13(15-6-7-16(19)17(20)10-15)11-22-18(21-2)23(3)8-9-24-12-14-4-5-14;/h6-7,10,13-14H,4-5,8-9,11-12H2,1-3H3,(H,21,22);1H. The highest BCUT2D eigenvalue weighted by atomic mass is 127. The van der Waals surface area contributed by atoms with Gasteiger partial charge in [-0.1, -0.05) is 13.0 Å². The van der Waals surface area contributed by atoms with Crippen LogP contribution in [0.2, 0.25) is 0 Å². The number of nitrogens with one attached hydrogen (secondary N) is 1. The highest BCUT2D eigenvalue weighted by Crippen LogP contribution is 2.28. The summed E-state index contributed by atoms with van der Waals surface area (Å²) in [6, 6.07) is 4.03. The molecule has 0 radical (unpaired) electrons. The molecule has 1 N–H and O–H groups in total. The van der Waals surface area contributed by atoms with E-state index in [1.807, 2.05) is 18.9 Å². The quantitative estimate of drug-likeness (QED) is 0.275. The summed E-state index contributed by atoms with van der Waals surface area (Å²) in [5, 5.41) is 3.27. The van der Waals surface area contributed by atoms with Gasteiger partial charge in [0.15, 0.2) is 17.6 Å². The fourth-order valence-corrected chi connectivity index (χ4v) is 2.41. The molecule has 1 fully saturated rings. The molecule has 1 saturated carbocycles. The lowest BCUT2D eigenvalue weighted by molar-refractivity contribution is 0.115. The normalized spacial score (nSPS) is 15.5. The lowest BCUT2D eigenvalue weighted by atomic mass is 10.0. The zero-order valence-electron chi connectivity index (χ0n) is 15.1. The van der Waals surface area contributed by atoms with Crippen molar-refractivity contribution in [2.24, 2.45) is 10.9 Å². The molecule has 2 rings (SSSR count). The Balaban J connectivity index is 0.00000312. The minimum atomic E-state index is -0.819. The summed E-state index contributed by atoms with van der Waals surface area (Å²) in [6.45, 7) is 4.84. The highest BCUT2D eigenvalue weighted by Gasteiger charge is 2.21. The van der Waals surface area contributed by atoms with Crippen molar-refractivity contribution in [2.75, 3.05) is 40.4 Å². The maximum atomic E-state index is 13.3. The molecule has 1 atom stereocenters. The van der Waals surface area contributed by atoms with E-state index in [0.29, 0.717) is 13.2 Å². The molecule has 7 heteroatoms. The molecule has 0 heterocycles. The summed E-state index contributed by atoms with van der Waals surface area (Å²) < 4.78 is 32.0. The maximum absolute atomic E-state index is 13.3. The maximum Gasteiger partial charge on any atom is 0.193 e. The number of aliphatic imine (C=N–C) groups is 1. The van der Waals surface area contributed by atoms with E-state index in [9.17, 15) is 8.78 Å². The van der Waals surface area contributed by atoms with Gasteiger partial charge in [0.1, 0.15) is 0 Å². The van der Waals surface area contributed by atoms with Crippen LogP contribution in [0, 0.1) is 17.6 Å². The fraction of sp³-hybridized carbons (Fsp3) is 0.611. The van der Waals surface area contributed by atoms with Crippen LogP contribution in [0.5, 0.6) is 0 Å². The van der Waals surface area contributed by atoms with Crippen LogP contribution in [0.4, 0.5) is 8.78 Å². The molecule has 25 heavy (non-hydrogen) atoms. The number of ether oxygens (including phenoxy) is 1. The molecule has 0 aromatic heterocycles.